The third-order valence-electron chi connectivity index (χ3n) is 16.4. The Morgan fingerprint density at radius 2 is 1.01 bits per heavy atom. The average molecular weight is 1150 g/mol. The van der Waals surface area contributed by atoms with Crippen LogP contribution in [0.5, 0.6) is 5.75 Å². The monoisotopic (exact) mass is 1150 g/mol. The molecule has 0 bridgehead atoms. The predicted octanol–water partition coefficient (Wildman–Crippen LogP) is 17.3. The van der Waals surface area contributed by atoms with Crippen molar-refractivity contribution >= 4 is 45.5 Å². The third kappa shape index (κ3) is 35.0. The molecule has 12 heteroatoms. The first-order valence-electron chi connectivity index (χ1n) is 32.4. The second-order valence-electron chi connectivity index (χ2n) is 23.3. The van der Waals surface area contributed by atoms with Crippen LogP contribution in [-0.2, 0) is 39.8 Å². The third-order valence-corrected chi connectivity index (χ3v) is 18.7. The van der Waals surface area contributed by atoms with Crippen molar-refractivity contribution < 1.29 is 38.1 Å². The van der Waals surface area contributed by atoms with E-state index in [1.54, 1.807) is 13.0 Å². The van der Waals surface area contributed by atoms with Gasteiger partial charge < -0.3 is 28.7 Å². The fourth-order valence-electron chi connectivity index (χ4n) is 11.0. The molecule has 454 valence electrons. The van der Waals surface area contributed by atoms with Crippen molar-refractivity contribution in [3.8, 4) is 18.1 Å². The topological polar surface area (TPSA) is 112 Å². The van der Waals surface area contributed by atoms with E-state index in [0.717, 1.165) is 165 Å². The Bertz CT molecular complexity index is 1880. The van der Waals surface area contributed by atoms with E-state index < -0.39 is 0 Å². The summed E-state index contributed by atoms with van der Waals surface area (Å²) < 4.78 is 23.1. The quantitative estimate of drug-likeness (QED) is 0.00905. The van der Waals surface area contributed by atoms with Crippen LogP contribution >= 0.6 is 21.6 Å². The molecule has 2 atom stereocenters. The SMILES string of the molecule is C#CC/C(=C\C=C(/C)OC(=O)C(CCCCCC)CCCCCCCC)CC(=O)OCCC1CCN(CCSSCCN2CCC(CCOC(=O)Cc3ccc(OC(=O)C(CCCCCC)CCCCCCCC)cc3)CC2)CC1. The molecule has 2 fully saturated rings. The zero-order valence-corrected chi connectivity index (χ0v) is 52.9. The molecule has 2 heterocycles. The molecule has 0 N–H and O–H groups in total. The lowest BCUT2D eigenvalue weighted by Gasteiger charge is -2.32. The largest absolute Gasteiger partial charge is 0.465 e. The smallest absolute Gasteiger partial charge is 0.314 e. The molecule has 2 aliphatic heterocycles. The van der Waals surface area contributed by atoms with Gasteiger partial charge in [-0.05, 0) is 138 Å². The van der Waals surface area contributed by atoms with Gasteiger partial charge in [0.15, 0.2) is 0 Å². The van der Waals surface area contributed by atoms with E-state index in [2.05, 4.69) is 43.4 Å². The van der Waals surface area contributed by atoms with Gasteiger partial charge in [-0.25, -0.2) is 0 Å². The Labute approximate surface area is 496 Å². The lowest BCUT2D eigenvalue weighted by atomic mass is 9.94. The predicted molar refractivity (Wildman–Crippen MR) is 337 cm³/mol. The van der Waals surface area contributed by atoms with E-state index in [1.165, 1.54) is 89.9 Å². The molecule has 10 nitrogen and oxygen atoms in total. The van der Waals surface area contributed by atoms with Crippen molar-refractivity contribution in [1.82, 2.24) is 9.80 Å². The van der Waals surface area contributed by atoms with Crippen LogP contribution in [0.25, 0.3) is 0 Å². The van der Waals surface area contributed by atoms with E-state index in [9.17, 15) is 19.2 Å². The molecular weight excluding hydrogens is 1040 g/mol. The number of benzene rings is 1. The van der Waals surface area contributed by atoms with Crippen molar-refractivity contribution in [3.63, 3.8) is 0 Å². The number of hydrogen-bond acceptors (Lipinski definition) is 12. The van der Waals surface area contributed by atoms with Gasteiger partial charge >= 0.3 is 23.9 Å². The number of ether oxygens (including phenoxy) is 4. The summed E-state index contributed by atoms with van der Waals surface area (Å²) in [6.07, 6.45) is 43.6. The van der Waals surface area contributed by atoms with Crippen LogP contribution in [0.15, 0.2) is 47.7 Å². The number of likely N-dealkylation sites (tertiary alicyclic amines) is 2. The molecule has 0 aliphatic carbocycles. The van der Waals surface area contributed by atoms with Crippen molar-refractivity contribution in [2.24, 2.45) is 23.7 Å². The van der Waals surface area contributed by atoms with E-state index in [1.807, 2.05) is 51.9 Å². The molecule has 3 rings (SSSR count). The van der Waals surface area contributed by atoms with Crippen molar-refractivity contribution in [1.29, 1.82) is 0 Å². The summed E-state index contributed by atoms with van der Waals surface area (Å²) in [4.78, 5) is 57.2. The van der Waals surface area contributed by atoms with E-state index in [0.29, 0.717) is 43.0 Å². The average Bonchev–Trinajstić information content (AvgIpc) is 3.45. The first-order valence-corrected chi connectivity index (χ1v) is 34.9. The molecule has 0 spiro atoms. The fourth-order valence-corrected chi connectivity index (χ4v) is 13.1. The maximum atomic E-state index is 13.2. The summed E-state index contributed by atoms with van der Waals surface area (Å²) in [6, 6.07) is 7.37. The summed E-state index contributed by atoms with van der Waals surface area (Å²) in [5.74, 6) is 6.28. The highest BCUT2D eigenvalue weighted by molar-refractivity contribution is 8.76. The number of rotatable bonds is 47. The summed E-state index contributed by atoms with van der Waals surface area (Å²) in [5.41, 5.74) is 1.65. The van der Waals surface area contributed by atoms with E-state index >= 15 is 0 Å². The second-order valence-corrected chi connectivity index (χ2v) is 26.0. The summed E-state index contributed by atoms with van der Waals surface area (Å²) in [7, 11) is 3.97. The van der Waals surface area contributed by atoms with Crippen LogP contribution in [0.4, 0.5) is 0 Å². The van der Waals surface area contributed by atoms with Gasteiger partial charge in [-0.1, -0.05) is 196 Å². The van der Waals surface area contributed by atoms with Gasteiger partial charge in [-0.2, -0.15) is 0 Å². The molecule has 0 aromatic heterocycles. The van der Waals surface area contributed by atoms with Crippen LogP contribution in [0.1, 0.15) is 246 Å². The van der Waals surface area contributed by atoms with Crippen molar-refractivity contribution in [3.05, 3.63) is 53.3 Å². The first kappa shape index (κ1) is 71.0. The van der Waals surface area contributed by atoms with Gasteiger partial charge in [0.2, 0.25) is 0 Å². The molecule has 0 radical (unpaired) electrons. The number of nitrogens with zero attached hydrogens (tertiary/aromatic N) is 2. The lowest BCUT2D eigenvalue weighted by molar-refractivity contribution is -0.145. The molecule has 0 amide bonds. The van der Waals surface area contributed by atoms with Crippen LogP contribution in [0, 0.1) is 36.0 Å². The zero-order valence-electron chi connectivity index (χ0n) is 51.2. The Hall–Kier alpha value is -3.24. The highest BCUT2D eigenvalue weighted by atomic mass is 33.1. The Morgan fingerprint density at radius 3 is 1.48 bits per heavy atom. The van der Waals surface area contributed by atoms with Crippen LogP contribution < -0.4 is 4.74 Å². The fraction of sp³-hybridized carbons (Fsp3) is 0.765. The van der Waals surface area contributed by atoms with Crippen LogP contribution in [-0.4, -0.2) is 97.7 Å². The maximum absolute atomic E-state index is 13.2. The number of esters is 4. The number of piperidine rings is 2. The molecule has 80 heavy (non-hydrogen) atoms. The van der Waals surface area contributed by atoms with Crippen LogP contribution in [0.2, 0.25) is 0 Å². The van der Waals surface area contributed by atoms with Crippen LogP contribution in [0.3, 0.4) is 0 Å². The van der Waals surface area contributed by atoms with E-state index in [4.69, 9.17) is 25.4 Å². The van der Waals surface area contributed by atoms with E-state index in [-0.39, 0.29) is 48.6 Å². The molecule has 2 unspecified atom stereocenters. The number of allylic oxidation sites excluding steroid dienone is 3. The summed E-state index contributed by atoms with van der Waals surface area (Å²) >= 11 is 0. The van der Waals surface area contributed by atoms with Gasteiger partial charge in [0, 0.05) is 31.0 Å². The number of unbranched alkanes of at least 4 members (excludes halogenated alkanes) is 16. The minimum Gasteiger partial charge on any atom is -0.465 e. The minimum absolute atomic E-state index is 0.0530. The highest BCUT2D eigenvalue weighted by Crippen LogP contribution is 2.28. The molecule has 2 saturated heterocycles. The molecule has 1 aromatic carbocycles. The second kappa shape index (κ2) is 47.2. The van der Waals surface area contributed by atoms with Gasteiger partial charge in [0.05, 0.1) is 37.9 Å². The number of terminal acetylenes is 1. The number of hydrogen-bond donors (Lipinski definition) is 0. The Kier molecular flexibility index (Phi) is 41.9. The number of carbonyl (C=O) groups excluding carboxylic acids is 4. The number of carbonyl (C=O) groups is 4. The molecular formula is C68H112N2O8S2. The summed E-state index contributed by atoms with van der Waals surface area (Å²) in [6.45, 7) is 18.2. The Balaban J connectivity index is 1.21. The van der Waals surface area contributed by atoms with Gasteiger partial charge in [0.1, 0.15) is 11.5 Å². The summed E-state index contributed by atoms with van der Waals surface area (Å²) in [5, 5.41) is 0. The van der Waals surface area contributed by atoms with Crippen molar-refractivity contribution in [2.75, 3.05) is 64.0 Å². The van der Waals surface area contributed by atoms with Crippen molar-refractivity contribution in [2.45, 2.75) is 247 Å². The van der Waals surface area contributed by atoms with Gasteiger partial charge in [0.25, 0.3) is 0 Å². The molecule has 2 aliphatic rings. The van der Waals surface area contributed by atoms with Gasteiger partial charge in [-0.3, -0.25) is 19.2 Å². The standard InChI is InChI=1S/C68H112N2O8S2/c1-7-12-16-20-22-26-31-62(29-24-18-14-9-3)67(73)77-57(6)33-34-60(28-11-5)55-65(71)75-51-43-58-39-45-69(46-40-58)49-53-79-80-54-50-70-47-41-59(42-48-70)44-52-76-66(72)56-61-35-37-64(38-36-61)78-68(74)63(30-25-19-15-10-4)32-27-23-21-17-13-8-2/h5,33-38,58-59,62-63H,7-10,12-32,39-56H2,1-4,6H3/b57-33+,60-34+. The normalized spacial score (nSPS) is 15.8. The molecule has 0 saturated carbocycles. The maximum Gasteiger partial charge on any atom is 0.314 e. The minimum atomic E-state index is -0.264. The Morgan fingerprint density at radius 1 is 0.588 bits per heavy atom. The highest BCUT2D eigenvalue weighted by Gasteiger charge is 2.24. The lowest BCUT2D eigenvalue weighted by Crippen LogP contribution is -2.36. The molecule has 1 aromatic rings. The zero-order chi connectivity index (χ0) is 57.7. The first-order chi connectivity index (χ1) is 39.1. The van der Waals surface area contributed by atoms with Gasteiger partial charge in [-0.15, -0.1) is 12.3 Å².